The number of imide groups is 1. The Morgan fingerprint density at radius 2 is 2.00 bits per heavy atom. The lowest BCUT2D eigenvalue weighted by molar-refractivity contribution is 0.105. The van der Waals surface area contributed by atoms with Crippen molar-refractivity contribution in [1.82, 2.24) is 14.5 Å². The number of nitrogens with one attached hydrogen (secondary N) is 1. The van der Waals surface area contributed by atoms with Gasteiger partial charge in [-0.3, -0.25) is 0 Å². The van der Waals surface area contributed by atoms with Crippen LogP contribution in [0.5, 0.6) is 0 Å². The van der Waals surface area contributed by atoms with E-state index in [9.17, 15) is 18.0 Å². The van der Waals surface area contributed by atoms with Crippen LogP contribution in [-0.4, -0.2) is 66.9 Å². The zero-order chi connectivity index (χ0) is 17.7. The predicted octanol–water partition coefficient (Wildman–Crippen LogP) is 1.27. The summed E-state index contributed by atoms with van der Waals surface area (Å²) in [5.41, 5.74) is -0.321. The van der Waals surface area contributed by atoms with Crippen LogP contribution in [0.2, 0.25) is 0 Å². The minimum absolute atomic E-state index is 0.148. The molecule has 0 aromatic rings. The molecular formula is C15H25N3O5S. The number of amides is 3. The first-order chi connectivity index (χ1) is 11.2. The van der Waals surface area contributed by atoms with Gasteiger partial charge in [0.05, 0.1) is 23.9 Å². The Kier molecular flexibility index (Phi) is 4.28. The summed E-state index contributed by atoms with van der Waals surface area (Å²) in [6.07, 6.45) is 2.31. The summed E-state index contributed by atoms with van der Waals surface area (Å²) >= 11 is 0. The molecular weight excluding hydrogens is 334 g/mol. The first kappa shape index (κ1) is 17.5. The van der Waals surface area contributed by atoms with E-state index in [4.69, 9.17) is 4.74 Å². The summed E-state index contributed by atoms with van der Waals surface area (Å²) in [5.74, 6) is 0. The summed E-state index contributed by atoms with van der Waals surface area (Å²) in [4.78, 5) is 27.1. The minimum Gasteiger partial charge on any atom is -0.449 e. The number of hydrogen-bond donors (Lipinski definition) is 1. The highest BCUT2D eigenvalue weighted by Crippen LogP contribution is 2.39. The van der Waals surface area contributed by atoms with E-state index in [1.54, 1.807) is 14.0 Å². The number of sulfonamides is 1. The SMILES string of the molecule is CCOC(=O)N1C(=O)N(C)C2CCC(S(=O)(=O)NC3(C)CC3)CC21. The number of rotatable bonds is 4. The van der Waals surface area contributed by atoms with E-state index < -0.39 is 33.4 Å². The first-order valence-corrected chi connectivity index (χ1v) is 9.99. The minimum atomic E-state index is -3.47. The second kappa shape index (κ2) is 5.87. The molecule has 0 bridgehead atoms. The van der Waals surface area contributed by atoms with Gasteiger partial charge >= 0.3 is 12.1 Å². The molecule has 1 N–H and O–H groups in total. The van der Waals surface area contributed by atoms with E-state index in [-0.39, 0.29) is 24.6 Å². The average molecular weight is 359 g/mol. The molecule has 8 nitrogen and oxygen atoms in total. The van der Waals surface area contributed by atoms with Crippen LogP contribution >= 0.6 is 0 Å². The van der Waals surface area contributed by atoms with Crippen molar-refractivity contribution in [2.24, 2.45) is 0 Å². The number of likely N-dealkylation sites (N-methyl/N-ethyl adjacent to an activating group) is 1. The molecule has 3 amide bonds. The van der Waals surface area contributed by atoms with Crippen molar-refractivity contribution in [1.29, 1.82) is 0 Å². The van der Waals surface area contributed by atoms with Crippen molar-refractivity contribution in [2.45, 2.75) is 68.8 Å². The fourth-order valence-electron chi connectivity index (χ4n) is 3.68. The molecule has 3 fully saturated rings. The Morgan fingerprint density at radius 1 is 1.33 bits per heavy atom. The molecule has 136 valence electrons. The molecule has 1 heterocycles. The molecule has 0 spiro atoms. The van der Waals surface area contributed by atoms with E-state index in [0.29, 0.717) is 12.8 Å². The zero-order valence-corrected chi connectivity index (χ0v) is 15.1. The lowest BCUT2D eigenvalue weighted by atomic mass is 9.90. The first-order valence-electron chi connectivity index (χ1n) is 8.44. The van der Waals surface area contributed by atoms with Crippen LogP contribution < -0.4 is 4.72 Å². The number of nitrogens with zero attached hydrogens (tertiary/aromatic N) is 2. The molecule has 3 aliphatic rings. The van der Waals surface area contributed by atoms with Gasteiger partial charge in [0.2, 0.25) is 10.0 Å². The van der Waals surface area contributed by atoms with Gasteiger partial charge in [0.25, 0.3) is 0 Å². The van der Waals surface area contributed by atoms with Crippen molar-refractivity contribution >= 4 is 22.1 Å². The van der Waals surface area contributed by atoms with Gasteiger partial charge in [-0.25, -0.2) is 27.6 Å². The number of carbonyl (C=O) groups excluding carboxylic acids is 2. The second-order valence-corrected chi connectivity index (χ2v) is 9.20. The van der Waals surface area contributed by atoms with Gasteiger partial charge in [0, 0.05) is 12.6 Å². The Morgan fingerprint density at radius 3 is 2.58 bits per heavy atom. The van der Waals surface area contributed by atoms with Gasteiger partial charge in [0.1, 0.15) is 0 Å². The number of fused-ring (bicyclic) bond motifs is 1. The van der Waals surface area contributed by atoms with Gasteiger partial charge < -0.3 is 9.64 Å². The van der Waals surface area contributed by atoms with Crippen LogP contribution in [0.1, 0.15) is 46.0 Å². The molecule has 9 heteroatoms. The van der Waals surface area contributed by atoms with Gasteiger partial charge in [-0.2, -0.15) is 0 Å². The van der Waals surface area contributed by atoms with Crippen LogP contribution in [0.4, 0.5) is 9.59 Å². The molecule has 0 radical (unpaired) electrons. The standard InChI is InChI=1S/C15H25N3O5S/c1-4-23-14(20)18-12-9-10(5-6-11(12)17(3)13(18)19)24(21,22)16-15(2)7-8-15/h10-12,16H,4-9H2,1-3H3. The topological polar surface area (TPSA) is 96.0 Å². The number of carbonyl (C=O) groups is 2. The Hall–Kier alpha value is -1.35. The normalized spacial score (nSPS) is 31.8. The Labute approximate surface area is 142 Å². The smallest absolute Gasteiger partial charge is 0.418 e. The lowest BCUT2D eigenvalue weighted by Crippen LogP contribution is -2.50. The van der Waals surface area contributed by atoms with Crippen LogP contribution in [0.25, 0.3) is 0 Å². The van der Waals surface area contributed by atoms with Gasteiger partial charge in [-0.1, -0.05) is 0 Å². The second-order valence-electron chi connectivity index (χ2n) is 7.24. The highest BCUT2D eigenvalue weighted by Gasteiger charge is 2.53. The lowest BCUT2D eigenvalue weighted by Gasteiger charge is -2.34. The molecule has 1 aliphatic heterocycles. The summed E-state index contributed by atoms with van der Waals surface area (Å²) in [6, 6.07) is -1.02. The van der Waals surface area contributed by atoms with E-state index in [1.807, 2.05) is 6.92 Å². The van der Waals surface area contributed by atoms with E-state index in [2.05, 4.69) is 4.72 Å². The molecule has 2 aliphatic carbocycles. The quantitative estimate of drug-likeness (QED) is 0.815. The maximum atomic E-state index is 12.7. The molecule has 1 saturated heterocycles. The molecule has 2 saturated carbocycles. The summed E-state index contributed by atoms with van der Waals surface area (Å²) < 4.78 is 33.1. The molecule has 24 heavy (non-hydrogen) atoms. The number of hydrogen-bond acceptors (Lipinski definition) is 5. The predicted molar refractivity (Wildman–Crippen MR) is 86.9 cm³/mol. The van der Waals surface area contributed by atoms with Gasteiger partial charge in [0.15, 0.2) is 0 Å². The third-order valence-corrected chi connectivity index (χ3v) is 7.45. The molecule has 0 aromatic heterocycles. The molecule has 0 aromatic carbocycles. The third kappa shape index (κ3) is 2.99. The molecule has 3 atom stereocenters. The van der Waals surface area contributed by atoms with E-state index >= 15 is 0 Å². The van der Waals surface area contributed by atoms with Gasteiger partial charge in [-0.05, 0) is 46.0 Å². The number of ether oxygens (including phenoxy) is 1. The van der Waals surface area contributed by atoms with Crippen LogP contribution in [-0.2, 0) is 14.8 Å². The van der Waals surface area contributed by atoms with Crippen molar-refractivity contribution in [3.63, 3.8) is 0 Å². The average Bonchev–Trinajstić information content (AvgIpc) is 3.16. The highest BCUT2D eigenvalue weighted by atomic mass is 32.2. The zero-order valence-electron chi connectivity index (χ0n) is 14.3. The van der Waals surface area contributed by atoms with E-state index in [0.717, 1.165) is 17.7 Å². The number of urea groups is 1. The Balaban J connectivity index is 1.78. The highest BCUT2D eigenvalue weighted by molar-refractivity contribution is 7.90. The van der Waals surface area contributed by atoms with Crippen molar-refractivity contribution in [3.05, 3.63) is 0 Å². The maximum absolute atomic E-state index is 12.7. The Bertz CT molecular complexity index is 645. The molecule has 3 unspecified atom stereocenters. The van der Waals surface area contributed by atoms with Crippen LogP contribution in [0.15, 0.2) is 0 Å². The summed E-state index contributed by atoms with van der Waals surface area (Å²) in [7, 11) is -1.82. The van der Waals surface area contributed by atoms with Crippen molar-refractivity contribution in [3.8, 4) is 0 Å². The molecule has 3 rings (SSSR count). The largest absolute Gasteiger partial charge is 0.449 e. The third-order valence-electron chi connectivity index (χ3n) is 5.36. The fraction of sp³-hybridized carbons (Fsp3) is 0.867. The van der Waals surface area contributed by atoms with Crippen molar-refractivity contribution < 1.29 is 22.7 Å². The fourth-order valence-corrected chi connectivity index (χ4v) is 5.64. The maximum Gasteiger partial charge on any atom is 0.418 e. The van der Waals surface area contributed by atoms with Crippen LogP contribution in [0.3, 0.4) is 0 Å². The van der Waals surface area contributed by atoms with Crippen LogP contribution in [0, 0.1) is 0 Å². The van der Waals surface area contributed by atoms with Gasteiger partial charge in [-0.15, -0.1) is 0 Å². The van der Waals surface area contributed by atoms with E-state index in [1.165, 1.54) is 4.90 Å². The van der Waals surface area contributed by atoms with Crippen molar-refractivity contribution in [2.75, 3.05) is 13.7 Å². The summed E-state index contributed by atoms with van der Waals surface area (Å²) in [6.45, 7) is 3.74. The monoisotopic (exact) mass is 359 g/mol. The summed E-state index contributed by atoms with van der Waals surface area (Å²) in [5, 5.41) is -0.590.